The number of piperazine rings is 1. The van der Waals surface area contributed by atoms with Gasteiger partial charge in [-0.15, -0.1) is 0 Å². The van der Waals surface area contributed by atoms with Crippen molar-refractivity contribution in [1.82, 2.24) is 15.1 Å². The molecule has 3 saturated carbocycles. The lowest BCUT2D eigenvalue weighted by atomic mass is 9.88. The van der Waals surface area contributed by atoms with Crippen molar-refractivity contribution in [2.75, 3.05) is 53.2 Å². The second-order valence-corrected chi connectivity index (χ2v) is 15.3. The Hall–Kier alpha value is -2.96. The maximum Gasteiger partial charge on any atom is 0.342 e. The van der Waals surface area contributed by atoms with E-state index in [-0.39, 0.29) is 58.6 Å². The van der Waals surface area contributed by atoms with Crippen LogP contribution < -0.4 is 10.6 Å². The fraction of sp³-hybridized carbons (Fsp3) is 0.722. The number of halogens is 2. The number of anilines is 1. The molecule has 2 N–H and O–H groups in total. The van der Waals surface area contributed by atoms with Gasteiger partial charge in [-0.25, -0.2) is 13.6 Å². The Balaban J connectivity index is 1.39. The third kappa shape index (κ3) is 7.60. The molecule has 1 aromatic rings. The summed E-state index contributed by atoms with van der Waals surface area (Å²) >= 11 is 0. The number of methoxy groups -OCH3 is 1. The largest absolute Gasteiger partial charge is 0.367 e. The molecule has 48 heavy (non-hydrogen) atoms. The zero-order valence-corrected chi connectivity index (χ0v) is 29.6. The van der Waals surface area contributed by atoms with Gasteiger partial charge in [-0.1, -0.05) is 19.9 Å². The number of nitrogens with zero attached hydrogens (tertiary/aromatic N) is 3. The average molecular weight is 675 g/mol. The first-order valence-corrected chi connectivity index (χ1v) is 17.6. The van der Waals surface area contributed by atoms with Crippen LogP contribution in [0.2, 0.25) is 0 Å². The van der Waals surface area contributed by atoms with E-state index in [1.165, 1.54) is 19.2 Å². The van der Waals surface area contributed by atoms with E-state index in [0.29, 0.717) is 31.6 Å². The van der Waals surface area contributed by atoms with Crippen molar-refractivity contribution < 1.29 is 37.2 Å². The van der Waals surface area contributed by atoms with Gasteiger partial charge in [-0.05, 0) is 94.4 Å². The zero-order chi connectivity index (χ0) is 35.1. The van der Waals surface area contributed by atoms with Crippen molar-refractivity contribution in [3.63, 3.8) is 0 Å². The predicted octanol–water partition coefficient (Wildman–Crippen LogP) is 3.85. The van der Waals surface area contributed by atoms with Crippen LogP contribution in [0.1, 0.15) is 77.2 Å². The second-order valence-electron chi connectivity index (χ2n) is 15.3. The molecule has 1 saturated heterocycles. The van der Waals surface area contributed by atoms with Crippen LogP contribution in [0, 0.1) is 23.6 Å². The number of hydrogen-bond acceptors (Lipinski definition) is 6. The van der Waals surface area contributed by atoms with Gasteiger partial charge in [0, 0.05) is 38.7 Å². The summed E-state index contributed by atoms with van der Waals surface area (Å²) in [6.07, 6.45) is 3.83. The van der Waals surface area contributed by atoms with Gasteiger partial charge >= 0.3 is 5.91 Å². The number of benzene rings is 1. The van der Waals surface area contributed by atoms with E-state index in [2.05, 4.69) is 22.5 Å². The first-order valence-electron chi connectivity index (χ1n) is 17.6. The lowest BCUT2D eigenvalue weighted by molar-refractivity contribution is -0.834. The highest BCUT2D eigenvalue weighted by Gasteiger charge is 2.55. The zero-order valence-electron chi connectivity index (χ0n) is 29.6. The minimum atomic E-state index is -1.93. The van der Waals surface area contributed by atoms with Gasteiger partial charge in [-0.2, -0.15) is 0 Å². The molecule has 0 aromatic heterocycles. The van der Waals surface area contributed by atoms with E-state index in [4.69, 9.17) is 4.74 Å². The smallest absolute Gasteiger partial charge is 0.342 e. The number of quaternary nitrogens is 1. The molecule has 0 bridgehead atoms. The van der Waals surface area contributed by atoms with Crippen LogP contribution >= 0.6 is 0 Å². The lowest BCUT2D eigenvalue weighted by Crippen LogP contribution is -2.66. The highest BCUT2D eigenvalue weighted by molar-refractivity contribution is 5.99. The van der Waals surface area contributed by atoms with Crippen LogP contribution in [0.3, 0.4) is 0 Å². The molecule has 1 aromatic carbocycles. The minimum Gasteiger partial charge on any atom is -0.367 e. The van der Waals surface area contributed by atoms with Crippen molar-refractivity contribution in [2.45, 2.75) is 102 Å². The standard InChI is InChI=1S/C36H53F2N5O5/c1-8-28(48-7)34(46)43(5,6)31(33(45)42-18-17-41(4)21(2)20-42)22(3)25-13-14-27(26(37)19-25)39-32(44)30(40-35(47)36(38)15-16-36)29(23-9-10-23)24-11-12-24/h13-14,19,21-24,28-31H,8-12,15-18,20H2,1-7H3,(H-,39,40,44,47)/p+1/t21-,22+,28+,30+,31-/m1/s1. The molecule has 5 atom stereocenters. The normalized spacial score (nSPS) is 23.6. The molecule has 0 radical (unpaired) electrons. The van der Waals surface area contributed by atoms with Crippen LogP contribution in [0.5, 0.6) is 0 Å². The molecule has 12 heteroatoms. The van der Waals surface area contributed by atoms with Gasteiger partial charge in [0.2, 0.25) is 5.91 Å². The average Bonchev–Trinajstić information content (AvgIpc) is 3.89. The van der Waals surface area contributed by atoms with Gasteiger partial charge in [0.05, 0.1) is 19.8 Å². The maximum atomic E-state index is 15.9. The Labute approximate surface area is 283 Å². The highest BCUT2D eigenvalue weighted by atomic mass is 19.1. The Morgan fingerprint density at radius 3 is 2.21 bits per heavy atom. The van der Waals surface area contributed by atoms with E-state index in [0.717, 1.165) is 25.7 Å². The Morgan fingerprint density at radius 2 is 1.71 bits per heavy atom. The summed E-state index contributed by atoms with van der Waals surface area (Å²) in [5.41, 5.74) is -1.49. The molecule has 10 nitrogen and oxygen atoms in total. The molecule has 1 heterocycles. The van der Waals surface area contributed by atoms with Gasteiger partial charge in [0.25, 0.3) is 11.8 Å². The number of alkyl halides is 1. The SMILES string of the molecule is CC[C@H](OC)C(=O)[N+](C)(C)[C@@H](C(=O)N1CCN(C)[C@H](C)C1)[C@@H](C)c1ccc(NC(=O)[C@@H](NC(=O)C2(F)CC2)C(C2CC2)C2CC2)c(F)c1. The monoisotopic (exact) mass is 674 g/mol. The molecule has 1 aliphatic heterocycles. The molecular weight excluding hydrogens is 620 g/mol. The van der Waals surface area contributed by atoms with Gasteiger partial charge < -0.3 is 25.2 Å². The number of likely N-dealkylation sites (N-methyl/N-ethyl adjacent to an activating group) is 2. The quantitative estimate of drug-likeness (QED) is 0.291. The molecule has 0 spiro atoms. The van der Waals surface area contributed by atoms with Crippen molar-refractivity contribution in [2.24, 2.45) is 17.8 Å². The molecule has 0 unspecified atom stereocenters. The molecule has 4 amide bonds. The number of ether oxygens (including phenoxy) is 1. The van der Waals surface area contributed by atoms with Crippen LogP contribution in [0.25, 0.3) is 0 Å². The molecule has 4 fully saturated rings. The van der Waals surface area contributed by atoms with E-state index < -0.39 is 47.4 Å². The van der Waals surface area contributed by atoms with Crippen molar-refractivity contribution in [3.05, 3.63) is 29.6 Å². The van der Waals surface area contributed by atoms with E-state index in [9.17, 15) is 23.6 Å². The Kier molecular flexibility index (Phi) is 10.7. The predicted molar refractivity (Wildman–Crippen MR) is 178 cm³/mol. The Morgan fingerprint density at radius 1 is 1.08 bits per heavy atom. The van der Waals surface area contributed by atoms with Crippen molar-refractivity contribution in [1.29, 1.82) is 0 Å². The summed E-state index contributed by atoms with van der Waals surface area (Å²) in [5.74, 6) is -2.58. The number of carbonyl (C=O) groups is 4. The number of hydrogen-bond donors (Lipinski definition) is 2. The van der Waals surface area contributed by atoms with Gasteiger partial charge in [0.15, 0.2) is 17.8 Å². The fourth-order valence-corrected chi connectivity index (χ4v) is 7.58. The van der Waals surface area contributed by atoms with Crippen LogP contribution in [0.4, 0.5) is 14.5 Å². The van der Waals surface area contributed by atoms with Crippen LogP contribution in [-0.4, -0.2) is 116 Å². The molecular formula is C36H54F2N5O5+. The van der Waals surface area contributed by atoms with Crippen LogP contribution in [-0.2, 0) is 23.9 Å². The summed E-state index contributed by atoms with van der Waals surface area (Å²) in [7, 11) is 6.91. The molecule has 4 aliphatic rings. The lowest BCUT2D eigenvalue weighted by Gasteiger charge is -2.44. The number of amides is 4. The van der Waals surface area contributed by atoms with Gasteiger partial charge in [-0.3, -0.25) is 18.9 Å². The van der Waals surface area contributed by atoms with E-state index in [1.807, 2.05) is 20.9 Å². The second kappa shape index (κ2) is 14.1. The van der Waals surface area contributed by atoms with Crippen molar-refractivity contribution in [3.8, 4) is 0 Å². The van der Waals surface area contributed by atoms with Crippen LogP contribution in [0.15, 0.2) is 18.2 Å². The molecule has 5 rings (SSSR count). The maximum absolute atomic E-state index is 15.9. The number of rotatable bonds is 14. The summed E-state index contributed by atoms with van der Waals surface area (Å²) in [6, 6.07) is 2.75. The number of nitrogens with one attached hydrogen (secondary N) is 2. The summed E-state index contributed by atoms with van der Waals surface area (Å²) in [6.45, 7) is 7.45. The first-order chi connectivity index (χ1) is 22.6. The summed E-state index contributed by atoms with van der Waals surface area (Å²) < 4.78 is 35.8. The van der Waals surface area contributed by atoms with E-state index in [1.54, 1.807) is 25.1 Å². The third-order valence-electron chi connectivity index (χ3n) is 11.4. The first kappa shape index (κ1) is 36.3. The summed E-state index contributed by atoms with van der Waals surface area (Å²) in [4.78, 5) is 58.6. The number of carbonyl (C=O) groups excluding carboxylic acids is 4. The fourth-order valence-electron chi connectivity index (χ4n) is 7.58. The highest BCUT2D eigenvalue weighted by Crippen LogP contribution is 2.51. The molecule has 3 aliphatic carbocycles. The molecule has 266 valence electrons. The topological polar surface area (TPSA) is 108 Å². The van der Waals surface area contributed by atoms with E-state index >= 15 is 4.39 Å². The minimum absolute atomic E-state index is 0.0621. The van der Waals surface area contributed by atoms with Gasteiger partial charge in [0.1, 0.15) is 11.9 Å². The Bertz CT molecular complexity index is 1380. The third-order valence-corrected chi connectivity index (χ3v) is 11.4. The van der Waals surface area contributed by atoms with Crippen molar-refractivity contribution >= 4 is 29.3 Å². The summed E-state index contributed by atoms with van der Waals surface area (Å²) in [5, 5.41) is 5.39.